The van der Waals surface area contributed by atoms with Crippen LogP contribution in [0.25, 0.3) is 0 Å². The summed E-state index contributed by atoms with van der Waals surface area (Å²) in [5, 5.41) is 12.9. The summed E-state index contributed by atoms with van der Waals surface area (Å²) in [7, 11) is 3.09. The summed E-state index contributed by atoms with van der Waals surface area (Å²) in [6.45, 7) is 3.73. The number of halogens is 1. The maximum absolute atomic E-state index is 13.4. The fraction of sp³-hybridized carbons (Fsp3) is 0.286. The molecule has 0 fully saturated rings. The number of aliphatic carboxylic acids is 1. The van der Waals surface area contributed by atoms with E-state index in [1.165, 1.54) is 21.0 Å². The lowest BCUT2D eigenvalue weighted by Gasteiger charge is -2.25. The van der Waals surface area contributed by atoms with Crippen molar-refractivity contribution in [2.75, 3.05) is 26.1 Å². The number of benzene rings is 3. The number of urea groups is 1. The van der Waals surface area contributed by atoms with E-state index < -0.39 is 11.6 Å². The fourth-order valence-corrected chi connectivity index (χ4v) is 3.61. The second kappa shape index (κ2) is 12.4. The van der Waals surface area contributed by atoms with Crippen LogP contribution in [0.1, 0.15) is 25.0 Å². The minimum Gasteiger partial charge on any atom is -0.497 e. The summed E-state index contributed by atoms with van der Waals surface area (Å²) >= 11 is 6.00. The third-order valence-corrected chi connectivity index (χ3v) is 5.96. The van der Waals surface area contributed by atoms with Crippen molar-refractivity contribution in [3.05, 3.63) is 82.9 Å². The van der Waals surface area contributed by atoms with Gasteiger partial charge in [-0.15, -0.1) is 0 Å². The van der Waals surface area contributed by atoms with Crippen LogP contribution >= 0.6 is 11.6 Å². The predicted octanol–water partition coefficient (Wildman–Crippen LogP) is 5.88. The van der Waals surface area contributed by atoms with Crippen LogP contribution in [0.2, 0.25) is 5.02 Å². The highest BCUT2D eigenvalue weighted by molar-refractivity contribution is 6.30. The normalized spacial score (nSPS) is 10.9. The zero-order valence-corrected chi connectivity index (χ0v) is 22.0. The summed E-state index contributed by atoms with van der Waals surface area (Å²) in [4.78, 5) is 26.4. The average Bonchev–Trinajstić information content (AvgIpc) is 2.88. The van der Waals surface area contributed by atoms with Gasteiger partial charge in [-0.2, -0.15) is 0 Å². The number of carboxylic acids is 1. The van der Waals surface area contributed by atoms with Crippen LogP contribution in [-0.4, -0.2) is 48.4 Å². The van der Waals surface area contributed by atoms with E-state index in [0.29, 0.717) is 47.5 Å². The highest BCUT2D eigenvalue weighted by Gasteiger charge is 2.29. The quantitative estimate of drug-likeness (QED) is 0.324. The monoisotopic (exact) mass is 526 g/mol. The lowest BCUT2D eigenvalue weighted by Crippen LogP contribution is -2.38. The van der Waals surface area contributed by atoms with Crippen molar-refractivity contribution < 1.29 is 28.9 Å². The van der Waals surface area contributed by atoms with Gasteiger partial charge in [-0.25, -0.2) is 9.59 Å². The van der Waals surface area contributed by atoms with Gasteiger partial charge in [0.15, 0.2) is 5.60 Å². The van der Waals surface area contributed by atoms with E-state index >= 15 is 0 Å². The first-order valence-corrected chi connectivity index (χ1v) is 12.0. The molecule has 0 spiro atoms. The molecule has 2 N–H and O–H groups in total. The van der Waals surface area contributed by atoms with Gasteiger partial charge in [0, 0.05) is 24.2 Å². The van der Waals surface area contributed by atoms with Gasteiger partial charge >= 0.3 is 12.0 Å². The molecule has 0 aliphatic carbocycles. The smallest absolute Gasteiger partial charge is 0.347 e. The van der Waals surface area contributed by atoms with Crippen LogP contribution in [-0.2, 0) is 17.8 Å². The summed E-state index contributed by atoms with van der Waals surface area (Å²) in [6.07, 6.45) is 0.623. The molecule has 196 valence electrons. The Morgan fingerprint density at radius 1 is 0.919 bits per heavy atom. The van der Waals surface area contributed by atoms with Crippen LogP contribution in [0.4, 0.5) is 10.5 Å². The number of carboxylic acid groups (broad SMARTS) is 1. The number of amides is 2. The van der Waals surface area contributed by atoms with E-state index in [2.05, 4.69) is 5.32 Å². The maximum Gasteiger partial charge on any atom is 0.347 e. The molecule has 0 saturated carbocycles. The first kappa shape index (κ1) is 27.7. The van der Waals surface area contributed by atoms with Crippen molar-refractivity contribution in [1.29, 1.82) is 0 Å². The molecule has 3 rings (SSSR count). The van der Waals surface area contributed by atoms with Crippen molar-refractivity contribution in [3.63, 3.8) is 0 Å². The van der Waals surface area contributed by atoms with E-state index in [-0.39, 0.29) is 6.03 Å². The molecule has 0 aliphatic rings. The van der Waals surface area contributed by atoms with Gasteiger partial charge < -0.3 is 29.5 Å². The highest BCUT2D eigenvalue weighted by atomic mass is 35.5. The standard InChI is InChI=1S/C28H31ClN2O6/c1-28(2,26(32)33)37-22-11-7-20(8-12-22)18-31(16-15-19-5-9-21(29)10-6-19)27(34)30-24-14-13-23(35-3)17-25(24)36-4/h5-14,17H,15-16,18H2,1-4H3,(H,30,34)(H,32,33). The number of hydrogen-bond donors (Lipinski definition) is 2. The molecule has 0 bridgehead atoms. The fourth-order valence-electron chi connectivity index (χ4n) is 3.49. The minimum atomic E-state index is -1.36. The van der Waals surface area contributed by atoms with Gasteiger partial charge in [0.05, 0.1) is 19.9 Å². The van der Waals surface area contributed by atoms with E-state index in [9.17, 15) is 14.7 Å². The first-order chi connectivity index (χ1) is 17.6. The van der Waals surface area contributed by atoms with Crippen molar-refractivity contribution in [2.24, 2.45) is 0 Å². The number of rotatable bonds is 11. The summed E-state index contributed by atoms with van der Waals surface area (Å²) < 4.78 is 16.2. The topological polar surface area (TPSA) is 97.3 Å². The molecule has 0 heterocycles. The second-order valence-corrected chi connectivity index (χ2v) is 9.29. The molecular formula is C28H31ClN2O6. The van der Waals surface area contributed by atoms with Crippen molar-refractivity contribution in [1.82, 2.24) is 4.90 Å². The molecule has 0 aliphatic heterocycles. The Balaban J connectivity index is 1.78. The van der Waals surface area contributed by atoms with E-state index in [1.807, 2.05) is 36.4 Å². The zero-order chi connectivity index (χ0) is 27.0. The van der Waals surface area contributed by atoms with Crippen LogP contribution in [0.5, 0.6) is 17.2 Å². The Labute approximate surface area is 221 Å². The van der Waals surface area contributed by atoms with Gasteiger partial charge in [0.1, 0.15) is 17.2 Å². The Morgan fingerprint density at radius 3 is 2.14 bits per heavy atom. The number of ether oxygens (including phenoxy) is 3. The largest absolute Gasteiger partial charge is 0.497 e. The third-order valence-electron chi connectivity index (χ3n) is 5.71. The molecule has 3 aromatic rings. The number of nitrogens with one attached hydrogen (secondary N) is 1. The van der Waals surface area contributed by atoms with E-state index in [4.69, 9.17) is 25.8 Å². The Hall–Kier alpha value is -3.91. The number of anilines is 1. The number of carbonyl (C=O) groups excluding carboxylic acids is 1. The van der Waals surface area contributed by atoms with E-state index in [0.717, 1.165) is 11.1 Å². The first-order valence-electron chi connectivity index (χ1n) is 11.6. The highest BCUT2D eigenvalue weighted by Crippen LogP contribution is 2.29. The molecule has 0 unspecified atom stereocenters. The van der Waals surface area contributed by atoms with Crippen molar-refractivity contribution in [2.45, 2.75) is 32.4 Å². The molecule has 0 radical (unpaired) electrons. The average molecular weight is 527 g/mol. The molecule has 2 amide bonds. The molecule has 37 heavy (non-hydrogen) atoms. The minimum absolute atomic E-state index is 0.301. The number of carbonyl (C=O) groups is 2. The van der Waals surface area contributed by atoms with Gasteiger partial charge in [0.25, 0.3) is 0 Å². The molecule has 8 nitrogen and oxygen atoms in total. The second-order valence-electron chi connectivity index (χ2n) is 8.86. The van der Waals surface area contributed by atoms with Crippen molar-refractivity contribution >= 4 is 29.3 Å². The third kappa shape index (κ3) is 7.79. The number of hydrogen-bond acceptors (Lipinski definition) is 5. The van der Waals surface area contributed by atoms with Gasteiger partial charge in [-0.1, -0.05) is 35.9 Å². The lowest BCUT2D eigenvalue weighted by molar-refractivity contribution is -0.152. The molecule has 0 saturated heterocycles. The lowest BCUT2D eigenvalue weighted by atomic mass is 10.1. The molecule has 3 aromatic carbocycles. The summed E-state index contributed by atoms with van der Waals surface area (Å²) in [5.41, 5.74) is 1.06. The van der Waals surface area contributed by atoms with Crippen molar-refractivity contribution in [3.8, 4) is 17.2 Å². The number of methoxy groups -OCH3 is 2. The SMILES string of the molecule is COc1ccc(NC(=O)N(CCc2ccc(Cl)cc2)Cc2ccc(OC(C)(C)C(=O)O)cc2)c(OC)c1. The van der Waals surface area contributed by atoms with Gasteiger partial charge in [0.2, 0.25) is 0 Å². The van der Waals surface area contributed by atoms with Crippen LogP contribution < -0.4 is 19.5 Å². The number of nitrogens with zero attached hydrogens (tertiary/aromatic N) is 1. The summed E-state index contributed by atoms with van der Waals surface area (Å²) in [5.74, 6) is 0.461. The van der Waals surface area contributed by atoms with Gasteiger partial charge in [-0.05, 0) is 67.8 Å². The maximum atomic E-state index is 13.4. The Kier molecular flexibility index (Phi) is 9.25. The Bertz CT molecular complexity index is 1210. The molecule has 9 heteroatoms. The van der Waals surface area contributed by atoms with Crippen LogP contribution in [0.15, 0.2) is 66.7 Å². The summed E-state index contributed by atoms with van der Waals surface area (Å²) in [6, 6.07) is 19.4. The molecule has 0 aromatic heterocycles. The predicted molar refractivity (Wildman–Crippen MR) is 143 cm³/mol. The van der Waals surface area contributed by atoms with E-state index in [1.54, 1.807) is 42.3 Å². The molecule has 0 atom stereocenters. The molecular weight excluding hydrogens is 496 g/mol. The van der Waals surface area contributed by atoms with Crippen LogP contribution in [0.3, 0.4) is 0 Å². The Morgan fingerprint density at radius 2 is 1.54 bits per heavy atom. The zero-order valence-electron chi connectivity index (χ0n) is 21.3. The van der Waals surface area contributed by atoms with Crippen LogP contribution in [0, 0.1) is 0 Å². The van der Waals surface area contributed by atoms with Gasteiger partial charge in [-0.3, -0.25) is 0 Å².